The van der Waals surface area contributed by atoms with Gasteiger partial charge in [-0.1, -0.05) is 11.3 Å². The molecule has 1 saturated heterocycles. The number of carbonyl (C=O) groups is 1. The molecule has 0 bridgehead atoms. The smallest absolute Gasteiger partial charge is 0.249 e. The summed E-state index contributed by atoms with van der Waals surface area (Å²) >= 11 is 2.50. The Morgan fingerprint density at radius 1 is 1.33 bits per heavy atom. The van der Waals surface area contributed by atoms with Gasteiger partial charge in [0, 0.05) is 13.1 Å². The van der Waals surface area contributed by atoms with Gasteiger partial charge < -0.3 is 9.80 Å². The molecular formula is C11H12N4O3S3. The number of sulfonamides is 1. The monoisotopic (exact) mass is 344 g/mol. The molecule has 0 atom stereocenters. The third kappa shape index (κ3) is 2.93. The highest BCUT2D eigenvalue weighted by Crippen LogP contribution is 2.28. The average molecular weight is 344 g/mol. The summed E-state index contributed by atoms with van der Waals surface area (Å²) in [5.41, 5.74) is 0. The Labute approximate surface area is 129 Å². The molecule has 0 radical (unpaired) electrons. The largest absolute Gasteiger partial charge is 0.337 e. The van der Waals surface area contributed by atoms with Crippen LogP contribution in [0.15, 0.2) is 27.9 Å². The zero-order chi connectivity index (χ0) is 15.0. The van der Waals surface area contributed by atoms with Gasteiger partial charge in [0.05, 0.1) is 17.7 Å². The van der Waals surface area contributed by atoms with Gasteiger partial charge >= 0.3 is 0 Å². The minimum absolute atomic E-state index is 0.00522. The Kier molecular flexibility index (Phi) is 3.69. The second kappa shape index (κ2) is 5.37. The van der Waals surface area contributed by atoms with Crippen LogP contribution in [0, 0.1) is 0 Å². The summed E-state index contributed by atoms with van der Waals surface area (Å²) in [5, 5.41) is 8.41. The molecule has 0 spiro atoms. The van der Waals surface area contributed by atoms with E-state index < -0.39 is 10.0 Å². The number of thiophene rings is 1. The summed E-state index contributed by atoms with van der Waals surface area (Å²) in [5.74, 6) is -0.0314. The number of anilines is 2. The van der Waals surface area contributed by atoms with Crippen molar-refractivity contribution < 1.29 is 13.2 Å². The van der Waals surface area contributed by atoms with E-state index in [9.17, 15) is 13.2 Å². The topological polar surface area (TPSA) is 96.6 Å². The van der Waals surface area contributed by atoms with Gasteiger partial charge in [0.25, 0.3) is 0 Å². The summed E-state index contributed by atoms with van der Waals surface area (Å²) in [6.07, 6.45) is 1.23. The molecule has 2 aromatic heterocycles. The molecule has 1 aliphatic rings. The lowest BCUT2D eigenvalue weighted by Gasteiger charge is -2.33. The number of nitrogens with zero attached hydrogens (tertiary/aromatic N) is 3. The summed E-state index contributed by atoms with van der Waals surface area (Å²) in [4.78, 5) is 19.8. The van der Waals surface area contributed by atoms with Crippen molar-refractivity contribution in [2.75, 3.05) is 29.4 Å². The first kappa shape index (κ1) is 14.4. The van der Waals surface area contributed by atoms with Crippen LogP contribution < -0.4 is 14.9 Å². The van der Waals surface area contributed by atoms with Crippen LogP contribution in [0.1, 0.15) is 0 Å². The van der Waals surface area contributed by atoms with Gasteiger partial charge in [-0.2, -0.15) is 0 Å². The highest BCUT2D eigenvalue weighted by molar-refractivity contribution is 7.91. The Bertz CT molecular complexity index is 754. The van der Waals surface area contributed by atoms with Gasteiger partial charge in [-0.05, 0) is 17.5 Å². The minimum atomic E-state index is -3.74. The van der Waals surface area contributed by atoms with E-state index in [1.165, 1.54) is 17.5 Å². The SMILES string of the molecule is NS(=O)(=O)c1cnc(N2CCN(c3cccs3)C(=O)C2)s1. The van der Waals surface area contributed by atoms with Crippen molar-refractivity contribution in [1.29, 1.82) is 0 Å². The molecule has 1 amide bonds. The lowest BCUT2D eigenvalue weighted by molar-refractivity contribution is -0.117. The second-order valence-electron chi connectivity index (χ2n) is 4.43. The molecule has 1 fully saturated rings. The molecule has 3 heterocycles. The first-order valence-corrected chi connectivity index (χ1v) is 9.27. The van der Waals surface area contributed by atoms with E-state index in [-0.39, 0.29) is 16.7 Å². The maximum atomic E-state index is 12.2. The summed E-state index contributed by atoms with van der Waals surface area (Å²) in [7, 11) is -3.74. The number of nitrogens with two attached hydrogens (primary N) is 1. The van der Waals surface area contributed by atoms with Crippen LogP contribution in [-0.4, -0.2) is 38.9 Å². The molecule has 21 heavy (non-hydrogen) atoms. The van der Waals surface area contributed by atoms with Gasteiger partial charge in [0.15, 0.2) is 9.34 Å². The summed E-state index contributed by atoms with van der Waals surface area (Å²) in [6.45, 7) is 1.32. The lowest BCUT2D eigenvalue weighted by Crippen LogP contribution is -2.50. The van der Waals surface area contributed by atoms with Crippen molar-refractivity contribution in [3.8, 4) is 0 Å². The van der Waals surface area contributed by atoms with E-state index in [0.717, 1.165) is 16.3 Å². The predicted octanol–water partition coefficient (Wildman–Crippen LogP) is 0.705. The highest BCUT2D eigenvalue weighted by Gasteiger charge is 2.28. The number of primary sulfonamides is 1. The van der Waals surface area contributed by atoms with Crippen molar-refractivity contribution >= 4 is 48.7 Å². The number of aromatic nitrogens is 1. The average Bonchev–Trinajstić information content (AvgIpc) is 3.09. The van der Waals surface area contributed by atoms with Crippen LogP contribution in [-0.2, 0) is 14.8 Å². The number of amides is 1. The van der Waals surface area contributed by atoms with Crippen LogP contribution in [0.3, 0.4) is 0 Å². The van der Waals surface area contributed by atoms with E-state index in [1.54, 1.807) is 9.80 Å². The number of thiazole rings is 1. The van der Waals surface area contributed by atoms with E-state index in [1.807, 2.05) is 17.5 Å². The van der Waals surface area contributed by atoms with Crippen LogP contribution in [0.2, 0.25) is 0 Å². The van der Waals surface area contributed by atoms with Crippen LogP contribution >= 0.6 is 22.7 Å². The molecule has 0 aliphatic carbocycles. The molecule has 0 aromatic carbocycles. The van der Waals surface area contributed by atoms with E-state index >= 15 is 0 Å². The van der Waals surface area contributed by atoms with Crippen molar-refractivity contribution in [2.24, 2.45) is 5.14 Å². The standard InChI is InChI=1S/C11H12N4O3S3/c12-21(17,18)10-6-13-11(20-10)14-3-4-15(8(16)7-14)9-2-1-5-19-9/h1-2,5-6H,3-4,7H2,(H2,12,17,18). The molecule has 3 rings (SSSR count). The van der Waals surface area contributed by atoms with Crippen molar-refractivity contribution in [2.45, 2.75) is 4.21 Å². The van der Waals surface area contributed by atoms with E-state index in [2.05, 4.69) is 4.98 Å². The number of hydrogen-bond donors (Lipinski definition) is 1. The zero-order valence-electron chi connectivity index (χ0n) is 10.8. The van der Waals surface area contributed by atoms with Gasteiger partial charge in [0.2, 0.25) is 15.9 Å². The Morgan fingerprint density at radius 2 is 2.14 bits per heavy atom. The Balaban J connectivity index is 1.75. The van der Waals surface area contributed by atoms with Gasteiger partial charge in [0.1, 0.15) is 0 Å². The second-order valence-corrected chi connectivity index (χ2v) is 8.15. The van der Waals surface area contributed by atoms with E-state index in [4.69, 9.17) is 5.14 Å². The minimum Gasteiger partial charge on any atom is -0.337 e. The molecule has 112 valence electrons. The fourth-order valence-corrected chi connectivity index (χ4v) is 4.36. The number of rotatable bonds is 3. The summed E-state index contributed by atoms with van der Waals surface area (Å²) < 4.78 is 22.5. The maximum absolute atomic E-state index is 12.2. The van der Waals surface area contributed by atoms with E-state index in [0.29, 0.717) is 18.2 Å². The lowest BCUT2D eigenvalue weighted by atomic mass is 10.3. The van der Waals surface area contributed by atoms with Crippen LogP contribution in [0.4, 0.5) is 10.1 Å². The first-order chi connectivity index (χ1) is 9.95. The molecular weight excluding hydrogens is 332 g/mol. The van der Waals surface area contributed by atoms with Gasteiger partial charge in [-0.3, -0.25) is 4.79 Å². The van der Waals surface area contributed by atoms with Crippen LogP contribution in [0.25, 0.3) is 0 Å². The molecule has 7 nitrogen and oxygen atoms in total. The van der Waals surface area contributed by atoms with Crippen LogP contribution in [0.5, 0.6) is 0 Å². The summed E-state index contributed by atoms with van der Waals surface area (Å²) in [6, 6.07) is 3.81. The third-order valence-electron chi connectivity index (χ3n) is 3.02. The molecule has 1 aliphatic heterocycles. The zero-order valence-corrected chi connectivity index (χ0v) is 13.2. The molecule has 2 N–H and O–H groups in total. The maximum Gasteiger partial charge on any atom is 0.249 e. The highest BCUT2D eigenvalue weighted by atomic mass is 32.2. The Hall–Kier alpha value is -1.49. The van der Waals surface area contributed by atoms with Crippen molar-refractivity contribution in [1.82, 2.24) is 4.98 Å². The predicted molar refractivity (Wildman–Crippen MR) is 82.4 cm³/mol. The number of carbonyl (C=O) groups excluding carboxylic acids is 1. The van der Waals surface area contributed by atoms with Gasteiger partial charge in [-0.15, -0.1) is 11.3 Å². The van der Waals surface area contributed by atoms with Gasteiger partial charge in [-0.25, -0.2) is 18.5 Å². The quantitative estimate of drug-likeness (QED) is 0.884. The van der Waals surface area contributed by atoms with Crippen molar-refractivity contribution in [3.05, 3.63) is 23.7 Å². The molecule has 10 heteroatoms. The fourth-order valence-electron chi connectivity index (χ4n) is 2.02. The molecule has 0 saturated carbocycles. The molecule has 2 aromatic rings. The normalized spacial score (nSPS) is 16.5. The molecule has 0 unspecified atom stereocenters. The van der Waals surface area contributed by atoms with Crippen molar-refractivity contribution in [3.63, 3.8) is 0 Å². The fraction of sp³-hybridized carbons (Fsp3) is 0.273. The Morgan fingerprint density at radius 3 is 2.71 bits per heavy atom. The third-order valence-corrected chi connectivity index (χ3v) is 6.37. The number of piperazine rings is 1. The first-order valence-electron chi connectivity index (χ1n) is 6.02. The number of hydrogen-bond acceptors (Lipinski definition) is 7.